The molecule has 0 saturated carbocycles. The first kappa shape index (κ1) is 17.9. The average Bonchev–Trinajstić information content (AvgIpc) is 2.65. The molecule has 0 radical (unpaired) electrons. The molecule has 0 spiro atoms. The summed E-state index contributed by atoms with van der Waals surface area (Å²) >= 11 is 0. The van der Waals surface area contributed by atoms with Crippen LogP contribution >= 0.6 is 0 Å². The topological polar surface area (TPSA) is 66.9 Å². The maximum absolute atomic E-state index is 13.1. The van der Waals surface area contributed by atoms with Crippen molar-refractivity contribution in [2.75, 3.05) is 23.7 Å². The number of sulfonamides is 1. The average molecular weight is 386 g/mol. The standard InChI is InChI=1S/C20H22N2O4S/c1-14-7-8-18-17(11-14)22(27(2,24)25)13-19(26-18)20(23)21-10-9-15-5-3-4-6-16(15)12-21/h3-8,11,19H,9-10,12-13H2,1-2H3/t19-/m1/s1. The molecule has 2 aliphatic rings. The first-order valence-corrected chi connectivity index (χ1v) is 10.8. The third kappa shape index (κ3) is 3.39. The minimum atomic E-state index is -3.52. The van der Waals surface area contributed by atoms with Gasteiger partial charge in [0.1, 0.15) is 5.75 Å². The van der Waals surface area contributed by atoms with Crippen LogP contribution < -0.4 is 9.04 Å². The molecule has 142 valence electrons. The van der Waals surface area contributed by atoms with Crippen LogP contribution in [0.15, 0.2) is 42.5 Å². The van der Waals surface area contributed by atoms with Crippen LogP contribution in [0.4, 0.5) is 5.69 Å². The molecule has 0 bridgehead atoms. The van der Waals surface area contributed by atoms with Gasteiger partial charge in [0.25, 0.3) is 5.91 Å². The van der Waals surface area contributed by atoms with Crippen molar-refractivity contribution in [2.24, 2.45) is 0 Å². The number of aryl methyl sites for hydroxylation is 1. The molecule has 2 aromatic carbocycles. The molecule has 2 aromatic rings. The van der Waals surface area contributed by atoms with E-state index in [1.165, 1.54) is 9.87 Å². The SMILES string of the molecule is Cc1ccc2c(c1)N(S(C)(=O)=O)C[C@H](C(=O)N1CCc3ccccc3C1)O2. The molecular weight excluding hydrogens is 364 g/mol. The lowest BCUT2D eigenvalue weighted by Crippen LogP contribution is -2.52. The molecule has 0 fully saturated rings. The van der Waals surface area contributed by atoms with E-state index in [1.807, 2.05) is 31.2 Å². The molecular formula is C20H22N2O4S. The second-order valence-electron chi connectivity index (χ2n) is 7.15. The van der Waals surface area contributed by atoms with Gasteiger partial charge in [-0.2, -0.15) is 0 Å². The van der Waals surface area contributed by atoms with Gasteiger partial charge in [-0.25, -0.2) is 8.42 Å². The highest BCUT2D eigenvalue weighted by molar-refractivity contribution is 7.92. The van der Waals surface area contributed by atoms with Crippen LogP contribution in [-0.4, -0.2) is 44.7 Å². The quantitative estimate of drug-likeness (QED) is 0.793. The van der Waals surface area contributed by atoms with Gasteiger partial charge in [0, 0.05) is 13.1 Å². The van der Waals surface area contributed by atoms with E-state index in [2.05, 4.69) is 6.07 Å². The molecule has 27 heavy (non-hydrogen) atoms. The van der Waals surface area contributed by atoms with Crippen molar-refractivity contribution in [3.05, 3.63) is 59.2 Å². The Balaban J connectivity index is 1.61. The highest BCUT2D eigenvalue weighted by Crippen LogP contribution is 2.36. The number of fused-ring (bicyclic) bond motifs is 2. The molecule has 0 saturated heterocycles. The van der Waals surface area contributed by atoms with Crippen LogP contribution in [0, 0.1) is 6.92 Å². The monoisotopic (exact) mass is 386 g/mol. The number of ether oxygens (including phenoxy) is 1. The van der Waals surface area contributed by atoms with Gasteiger partial charge in [-0.3, -0.25) is 9.10 Å². The second-order valence-corrected chi connectivity index (χ2v) is 9.06. The Kier molecular flexibility index (Phi) is 4.34. The number of carbonyl (C=O) groups is 1. The van der Waals surface area contributed by atoms with Crippen LogP contribution in [0.1, 0.15) is 16.7 Å². The molecule has 1 atom stereocenters. The first-order valence-electron chi connectivity index (χ1n) is 8.93. The third-order valence-corrected chi connectivity index (χ3v) is 6.25. The van der Waals surface area contributed by atoms with Gasteiger partial charge in [-0.15, -0.1) is 0 Å². The van der Waals surface area contributed by atoms with E-state index in [9.17, 15) is 13.2 Å². The minimum absolute atomic E-state index is 0.00767. The van der Waals surface area contributed by atoms with Crippen molar-refractivity contribution in [3.8, 4) is 5.75 Å². The summed E-state index contributed by atoms with van der Waals surface area (Å²) in [6, 6.07) is 13.4. The molecule has 4 rings (SSSR count). The van der Waals surface area contributed by atoms with Gasteiger partial charge in [0.2, 0.25) is 10.0 Å². The number of anilines is 1. The number of rotatable bonds is 2. The van der Waals surface area contributed by atoms with Crippen molar-refractivity contribution in [2.45, 2.75) is 26.0 Å². The Bertz CT molecular complexity index is 1000. The zero-order chi connectivity index (χ0) is 19.2. The highest BCUT2D eigenvalue weighted by atomic mass is 32.2. The smallest absolute Gasteiger partial charge is 0.265 e. The Morgan fingerprint density at radius 2 is 1.89 bits per heavy atom. The van der Waals surface area contributed by atoms with Crippen molar-refractivity contribution >= 4 is 21.6 Å². The van der Waals surface area contributed by atoms with Crippen molar-refractivity contribution in [1.82, 2.24) is 4.90 Å². The van der Waals surface area contributed by atoms with Crippen molar-refractivity contribution < 1.29 is 17.9 Å². The number of hydrogen-bond acceptors (Lipinski definition) is 4. The van der Waals surface area contributed by atoms with Crippen LogP contribution in [0.3, 0.4) is 0 Å². The van der Waals surface area contributed by atoms with E-state index in [0.29, 0.717) is 24.5 Å². The van der Waals surface area contributed by atoms with E-state index in [1.54, 1.807) is 17.0 Å². The molecule has 2 heterocycles. The highest BCUT2D eigenvalue weighted by Gasteiger charge is 2.37. The summed E-state index contributed by atoms with van der Waals surface area (Å²) in [5, 5.41) is 0. The lowest BCUT2D eigenvalue weighted by atomic mass is 9.99. The van der Waals surface area contributed by atoms with Crippen LogP contribution in [0.25, 0.3) is 0 Å². The number of benzene rings is 2. The largest absolute Gasteiger partial charge is 0.476 e. The zero-order valence-corrected chi connectivity index (χ0v) is 16.2. The molecule has 1 amide bonds. The fourth-order valence-electron chi connectivity index (χ4n) is 3.69. The molecule has 0 aliphatic carbocycles. The molecule has 7 heteroatoms. The molecule has 0 N–H and O–H groups in total. The van der Waals surface area contributed by atoms with Gasteiger partial charge in [-0.05, 0) is 42.2 Å². The van der Waals surface area contributed by atoms with Gasteiger partial charge in [-0.1, -0.05) is 30.3 Å². The third-order valence-electron chi connectivity index (χ3n) is 5.10. The Labute approximate surface area is 159 Å². The number of hydrogen-bond donors (Lipinski definition) is 0. The van der Waals surface area contributed by atoms with Crippen LogP contribution in [0.5, 0.6) is 5.75 Å². The fourth-order valence-corrected chi connectivity index (χ4v) is 4.60. The van der Waals surface area contributed by atoms with Gasteiger partial charge < -0.3 is 9.64 Å². The van der Waals surface area contributed by atoms with Gasteiger partial charge >= 0.3 is 0 Å². The predicted octanol–water partition coefficient (Wildman–Crippen LogP) is 2.11. The van der Waals surface area contributed by atoms with E-state index >= 15 is 0 Å². The van der Waals surface area contributed by atoms with E-state index in [-0.39, 0.29) is 12.5 Å². The Hall–Kier alpha value is -2.54. The van der Waals surface area contributed by atoms with E-state index in [4.69, 9.17) is 4.74 Å². The summed E-state index contributed by atoms with van der Waals surface area (Å²) in [5.74, 6) is 0.248. The van der Waals surface area contributed by atoms with E-state index < -0.39 is 16.1 Å². The summed E-state index contributed by atoms with van der Waals surface area (Å²) < 4.78 is 31.8. The minimum Gasteiger partial charge on any atom is -0.476 e. The number of carbonyl (C=O) groups excluding carboxylic acids is 1. The van der Waals surface area contributed by atoms with Crippen molar-refractivity contribution in [3.63, 3.8) is 0 Å². The maximum Gasteiger partial charge on any atom is 0.265 e. The first-order chi connectivity index (χ1) is 12.8. The predicted molar refractivity (Wildman–Crippen MR) is 103 cm³/mol. The molecule has 0 unspecified atom stereocenters. The van der Waals surface area contributed by atoms with Crippen LogP contribution in [-0.2, 0) is 27.8 Å². The summed E-state index contributed by atoms with van der Waals surface area (Å²) in [4.78, 5) is 14.8. The normalized spacial score (nSPS) is 19.1. The summed E-state index contributed by atoms with van der Waals surface area (Å²) in [5.41, 5.74) is 3.81. The fraction of sp³-hybridized carbons (Fsp3) is 0.350. The summed E-state index contributed by atoms with van der Waals surface area (Å²) in [6.45, 7) is 3.01. The van der Waals surface area contributed by atoms with E-state index in [0.717, 1.165) is 23.8 Å². The number of nitrogens with zero attached hydrogens (tertiary/aromatic N) is 2. The lowest BCUT2D eigenvalue weighted by molar-refractivity contribution is -0.139. The summed E-state index contributed by atoms with van der Waals surface area (Å²) in [6.07, 6.45) is 1.10. The van der Waals surface area contributed by atoms with Crippen LogP contribution in [0.2, 0.25) is 0 Å². The van der Waals surface area contributed by atoms with Crippen molar-refractivity contribution in [1.29, 1.82) is 0 Å². The Morgan fingerprint density at radius 1 is 1.15 bits per heavy atom. The van der Waals surface area contributed by atoms with Gasteiger partial charge in [0.05, 0.1) is 18.5 Å². The zero-order valence-electron chi connectivity index (χ0n) is 15.4. The van der Waals surface area contributed by atoms with Gasteiger partial charge in [0.15, 0.2) is 6.10 Å². The second kappa shape index (κ2) is 6.56. The molecule has 6 nitrogen and oxygen atoms in total. The Morgan fingerprint density at radius 3 is 2.63 bits per heavy atom. The molecule has 2 aliphatic heterocycles. The maximum atomic E-state index is 13.1. The summed E-state index contributed by atoms with van der Waals surface area (Å²) in [7, 11) is -3.52. The number of amides is 1. The molecule has 0 aromatic heterocycles. The lowest BCUT2D eigenvalue weighted by Gasteiger charge is -2.37.